The van der Waals surface area contributed by atoms with E-state index in [0.717, 1.165) is 23.5 Å². The van der Waals surface area contributed by atoms with E-state index < -0.39 is 5.79 Å². The van der Waals surface area contributed by atoms with Crippen LogP contribution in [0.2, 0.25) is 0 Å². The molecule has 2 aromatic heterocycles. The molecule has 73 valence electrons. The van der Waals surface area contributed by atoms with Gasteiger partial charge in [-0.3, -0.25) is 0 Å². The quantitative estimate of drug-likeness (QED) is 0.722. The van der Waals surface area contributed by atoms with Crippen LogP contribution < -0.4 is 0 Å². The van der Waals surface area contributed by atoms with Gasteiger partial charge in [-0.05, 0) is 0 Å². The monoisotopic (exact) mass is 229 g/mol. The average Bonchev–Trinajstić information content (AvgIpc) is 2.88. The maximum Gasteiger partial charge on any atom is 0.293 e. The lowest BCUT2D eigenvalue weighted by molar-refractivity contribution is -0.207. The van der Waals surface area contributed by atoms with Gasteiger partial charge >= 0.3 is 0 Å². The number of hydrogen-bond donors (Lipinski definition) is 0. The number of ether oxygens (including phenoxy) is 1. The minimum atomic E-state index is -1.89. The fraction of sp³-hybridized carbons (Fsp3) is 0.333. The normalized spacial score (nSPS) is 11.9. The summed E-state index contributed by atoms with van der Waals surface area (Å²) in [6, 6.07) is 0. The molecule has 0 bridgehead atoms. The van der Waals surface area contributed by atoms with Gasteiger partial charge in [0.05, 0.1) is 35.9 Å². The van der Waals surface area contributed by atoms with Gasteiger partial charge in [0.15, 0.2) is 0 Å². The number of hydrogen-bond acceptors (Lipinski definition) is 7. The molecule has 0 aromatic carbocycles. The highest BCUT2D eigenvalue weighted by atomic mass is 32.1. The molecule has 0 saturated carbocycles. The summed E-state index contributed by atoms with van der Waals surface area (Å²) < 4.78 is 20.1. The molecular formula is C6H5N4O2S2. The Hall–Kier alpha value is -0.960. The van der Waals surface area contributed by atoms with Crippen molar-refractivity contribution in [3.63, 3.8) is 0 Å². The zero-order valence-corrected chi connectivity index (χ0v) is 8.71. The molecule has 2 heterocycles. The first kappa shape index (κ1) is 9.59. The topological polar surface area (TPSA) is 80.7 Å². The van der Waals surface area contributed by atoms with E-state index in [1.807, 2.05) is 0 Å². The number of aromatic nitrogens is 4. The predicted molar refractivity (Wildman–Crippen MR) is 48.3 cm³/mol. The van der Waals surface area contributed by atoms with Crippen LogP contribution in [0.1, 0.15) is 11.4 Å². The van der Waals surface area contributed by atoms with Crippen LogP contribution in [0, 0.1) is 0 Å². The first-order valence-electron chi connectivity index (χ1n) is 3.59. The van der Waals surface area contributed by atoms with Crippen LogP contribution >= 0.6 is 23.5 Å². The molecular weight excluding hydrogens is 224 g/mol. The third-order valence-corrected chi connectivity index (χ3v) is 2.64. The van der Waals surface area contributed by atoms with Crippen molar-refractivity contribution < 1.29 is 9.84 Å². The van der Waals surface area contributed by atoms with Gasteiger partial charge in [-0.1, -0.05) is 0 Å². The summed E-state index contributed by atoms with van der Waals surface area (Å²) in [5.74, 6) is -1.89. The van der Waals surface area contributed by atoms with Crippen molar-refractivity contribution in [3.05, 3.63) is 23.8 Å². The van der Waals surface area contributed by atoms with Crippen LogP contribution in [0.3, 0.4) is 0 Å². The number of methoxy groups -OCH3 is 1. The zero-order chi connectivity index (χ0) is 10.0. The fourth-order valence-corrected chi connectivity index (χ4v) is 1.86. The highest BCUT2D eigenvalue weighted by Gasteiger charge is 2.39. The van der Waals surface area contributed by atoms with E-state index in [-0.39, 0.29) is 11.4 Å². The summed E-state index contributed by atoms with van der Waals surface area (Å²) in [6.45, 7) is 0. The Bertz CT molecular complexity index is 354. The van der Waals surface area contributed by atoms with Gasteiger partial charge in [0.2, 0.25) is 0 Å². The van der Waals surface area contributed by atoms with Crippen molar-refractivity contribution >= 4 is 23.5 Å². The summed E-state index contributed by atoms with van der Waals surface area (Å²) in [7, 11) is 1.31. The van der Waals surface area contributed by atoms with Crippen LogP contribution in [0.25, 0.3) is 0 Å². The van der Waals surface area contributed by atoms with E-state index >= 15 is 0 Å². The molecule has 1 radical (unpaired) electrons. The van der Waals surface area contributed by atoms with Gasteiger partial charge in [0.25, 0.3) is 5.79 Å². The Morgan fingerprint density at radius 3 is 2.00 bits per heavy atom. The second-order valence-corrected chi connectivity index (χ2v) is 3.52. The predicted octanol–water partition coefficient (Wildman–Crippen LogP) is 0.668. The van der Waals surface area contributed by atoms with E-state index in [0.29, 0.717) is 0 Å². The van der Waals surface area contributed by atoms with E-state index in [1.54, 1.807) is 0 Å². The first-order chi connectivity index (χ1) is 6.77. The molecule has 0 N–H and O–H groups in total. The maximum absolute atomic E-state index is 12.2. The van der Waals surface area contributed by atoms with Gasteiger partial charge in [-0.2, -0.15) is 22.6 Å². The largest absolute Gasteiger partial charge is 0.341 e. The van der Waals surface area contributed by atoms with Crippen LogP contribution in [0.15, 0.2) is 12.4 Å². The summed E-state index contributed by atoms with van der Waals surface area (Å²) in [5, 5.41) is 12.2. The van der Waals surface area contributed by atoms with E-state index in [2.05, 4.69) is 17.5 Å². The SMILES string of the molecule is COC([O])(c1cnsn1)c1cnsn1. The zero-order valence-electron chi connectivity index (χ0n) is 7.08. The Morgan fingerprint density at radius 1 is 1.21 bits per heavy atom. The van der Waals surface area contributed by atoms with E-state index in [4.69, 9.17) is 4.74 Å². The van der Waals surface area contributed by atoms with Crippen LogP contribution in [-0.2, 0) is 15.6 Å². The van der Waals surface area contributed by atoms with Gasteiger partial charge < -0.3 is 4.74 Å². The summed E-state index contributed by atoms with van der Waals surface area (Å²) in [4.78, 5) is 0. The second-order valence-electron chi connectivity index (χ2n) is 2.41. The summed E-state index contributed by atoms with van der Waals surface area (Å²) in [5.41, 5.74) is 0.412. The highest BCUT2D eigenvalue weighted by molar-refractivity contribution is 6.99. The van der Waals surface area contributed by atoms with Crippen molar-refractivity contribution in [2.45, 2.75) is 5.79 Å². The van der Waals surface area contributed by atoms with Crippen molar-refractivity contribution in [2.75, 3.05) is 7.11 Å². The Labute approximate surface area is 87.8 Å². The molecule has 2 aromatic rings. The molecule has 0 unspecified atom stereocenters. The lowest BCUT2D eigenvalue weighted by Gasteiger charge is -2.17. The van der Waals surface area contributed by atoms with Crippen molar-refractivity contribution in [1.82, 2.24) is 17.5 Å². The van der Waals surface area contributed by atoms with E-state index in [1.165, 1.54) is 19.5 Å². The van der Waals surface area contributed by atoms with E-state index in [9.17, 15) is 5.11 Å². The summed E-state index contributed by atoms with van der Waals surface area (Å²) in [6.07, 6.45) is 2.75. The third kappa shape index (κ3) is 1.42. The Kier molecular flexibility index (Phi) is 2.50. The average molecular weight is 229 g/mol. The molecule has 14 heavy (non-hydrogen) atoms. The Balaban J connectivity index is 2.45. The molecule has 0 amide bonds. The molecule has 8 heteroatoms. The van der Waals surface area contributed by atoms with Gasteiger partial charge in [0, 0.05) is 7.11 Å². The third-order valence-electron chi connectivity index (χ3n) is 1.68. The van der Waals surface area contributed by atoms with Crippen LogP contribution in [0.4, 0.5) is 0 Å². The number of rotatable bonds is 3. The molecule has 6 nitrogen and oxygen atoms in total. The lowest BCUT2D eigenvalue weighted by Crippen LogP contribution is -2.28. The molecule has 2 rings (SSSR count). The summed E-state index contributed by atoms with van der Waals surface area (Å²) >= 11 is 1.91. The van der Waals surface area contributed by atoms with Gasteiger partial charge in [-0.25, -0.2) is 0 Å². The Morgan fingerprint density at radius 2 is 1.71 bits per heavy atom. The molecule has 0 aliphatic rings. The minimum Gasteiger partial charge on any atom is -0.341 e. The standard InChI is InChI=1S/C6H5N4O2S2/c1-12-6(11,4-2-7-13-9-4)5-3-8-14-10-5/h2-3H,1H3. The minimum absolute atomic E-state index is 0.206. The van der Waals surface area contributed by atoms with Crippen molar-refractivity contribution in [3.8, 4) is 0 Å². The molecule has 0 fully saturated rings. The molecule has 0 saturated heterocycles. The van der Waals surface area contributed by atoms with Gasteiger partial charge in [0.1, 0.15) is 11.4 Å². The smallest absolute Gasteiger partial charge is 0.293 e. The molecule has 0 aliphatic carbocycles. The highest BCUT2D eigenvalue weighted by Crippen LogP contribution is 2.28. The molecule has 0 spiro atoms. The van der Waals surface area contributed by atoms with Gasteiger partial charge in [-0.15, -0.1) is 0 Å². The van der Waals surface area contributed by atoms with Crippen molar-refractivity contribution in [2.24, 2.45) is 0 Å². The number of nitrogens with zero attached hydrogens (tertiary/aromatic N) is 4. The molecule has 0 aliphatic heterocycles. The second kappa shape index (κ2) is 3.65. The van der Waals surface area contributed by atoms with Crippen LogP contribution in [-0.4, -0.2) is 24.6 Å². The van der Waals surface area contributed by atoms with Crippen molar-refractivity contribution in [1.29, 1.82) is 0 Å². The maximum atomic E-state index is 12.2. The lowest BCUT2D eigenvalue weighted by atomic mass is 10.1. The fourth-order valence-electron chi connectivity index (χ4n) is 0.960. The first-order valence-corrected chi connectivity index (χ1v) is 5.05. The van der Waals surface area contributed by atoms with Crippen LogP contribution in [0.5, 0.6) is 0 Å². The molecule has 0 atom stereocenters.